The second-order valence-corrected chi connectivity index (χ2v) is 5.44. The second-order valence-electron chi connectivity index (χ2n) is 5.44. The zero-order valence-corrected chi connectivity index (χ0v) is 12.3. The fourth-order valence-corrected chi connectivity index (χ4v) is 2.63. The van der Waals surface area contributed by atoms with Gasteiger partial charge in [-0.1, -0.05) is 19.3 Å². The number of aryl methyl sites for hydroxylation is 1. The van der Waals surface area contributed by atoms with Crippen LogP contribution in [0.15, 0.2) is 12.4 Å². The summed E-state index contributed by atoms with van der Waals surface area (Å²) in [5.41, 5.74) is 1.25. The molecule has 1 heterocycles. The molecule has 0 amide bonds. The third kappa shape index (κ3) is 4.62. The summed E-state index contributed by atoms with van der Waals surface area (Å²) in [6.45, 7) is 6.94. The van der Waals surface area contributed by atoms with Crippen LogP contribution in [0.4, 0.5) is 0 Å². The Morgan fingerprint density at radius 3 is 2.89 bits per heavy atom. The Morgan fingerprint density at radius 1 is 1.42 bits per heavy atom. The Hall–Kier alpha value is -0.870. The molecule has 1 N–H and O–H groups in total. The highest BCUT2D eigenvalue weighted by molar-refractivity contribution is 5.08. The number of hydrogen-bond donors (Lipinski definition) is 1. The molecule has 0 aromatic carbocycles. The van der Waals surface area contributed by atoms with Crippen molar-refractivity contribution in [1.82, 2.24) is 15.1 Å². The molecule has 19 heavy (non-hydrogen) atoms. The fourth-order valence-electron chi connectivity index (χ4n) is 2.63. The molecule has 4 nitrogen and oxygen atoms in total. The van der Waals surface area contributed by atoms with Crippen LogP contribution in [-0.2, 0) is 11.3 Å². The molecule has 0 saturated heterocycles. The van der Waals surface area contributed by atoms with Crippen molar-refractivity contribution < 1.29 is 4.74 Å². The number of aromatic nitrogens is 2. The van der Waals surface area contributed by atoms with Gasteiger partial charge in [-0.3, -0.25) is 4.68 Å². The number of ether oxygens (including phenoxy) is 1. The van der Waals surface area contributed by atoms with E-state index in [9.17, 15) is 0 Å². The summed E-state index contributed by atoms with van der Waals surface area (Å²) in [5, 5.41) is 7.80. The second kappa shape index (κ2) is 7.65. The van der Waals surface area contributed by atoms with Gasteiger partial charge in [0.2, 0.25) is 0 Å². The van der Waals surface area contributed by atoms with Gasteiger partial charge in [-0.2, -0.15) is 5.10 Å². The number of rotatable bonds is 7. The quantitative estimate of drug-likeness (QED) is 0.770. The average molecular weight is 265 g/mol. The van der Waals surface area contributed by atoms with Crippen molar-refractivity contribution in [3.8, 4) is 0 Å². The molecule has 1 unspecified atom stereocenters. The minimum absolute atomic E-state index is 0.343. The van der Waals surface area contributed by atoms with Crippen LogP contribution in [0.5, 0.6) is 0 Å². The molecule has 1 aliphatic carbocycles. The minimum atomic E-state index is 0.343. The molecule has 4 heteroatoms. The molecule has 1 atom stereocenters. The molecule has 2 rings (SSSR count). The molecule has 1 aromatic heterocycles. The summed E-state index contributed by atoms with van der Waals surface area (Å²) in [7, 11) is 0. The predicted octanol–water partition coefficient (Wildman–Crippen LogP) is 2.90. The lowest BCUT2D eigenvalue weighted by Gasteiger charge is -2.22. The van der Waals surface area contributed by atoms with Crippen molar-refractivity contribution in [2.75, 3.05) is 13.2 Å². The smallest absolute Gasteiger partial charge is 0.0594 e. The molecule has 0 bridgehead atoms. The van der Waals surface area contributed by atoms with E-state index in [-0.39, 0.29) is 0 Å². The van der Waals surface area contributed by atoms with Crippen LogP contribution in [0, 0.1) is 0 Å². The lowest BCUT2D eigenvalue weighted by atomic mass is 9.98. The average Bonchev–Trinajstić information content (AvgIpc) is 2.93. The van der Waals surface area contributed by atoms with E-state index in [1.165, 1.54) is 37.7 Å². The van der Waals surface area contributed by atoms with Crippen LogP contribution >= 0.6 is 0 Å². The van der Waals surface area contributed by atoms with E-state index in [2.05, 4.69) is 30.5 Å². The third-order valence-corrected chi connectivity index (χ3v) is 3.94. The molecule has 1 fully saturated rings. The Labute approximate surface area is 116 Å². The maximum absolute atomic E-state index is 5.91. The predicted molar refractivity (Wildman–Crippen MR) is 77.1 cm³/mol. The maximum atomic E-state index is 5.91. The van der Waals surface area contributed by atoms with Crippen molar-refractivity contribution in [1.29, 1.82) is 0 Å². The molecule has 0 spiro atoms. The molecule has 0 radical (unpaired) electrons. The Kier molecular flexibility index (Phi) is 5.86. The molecule has 1 saturated carbocycles. The topological polar surface area (TPSA) is 39.1 Å². The standard InChI is InChI=1S/C15H27N3O/c1-3-18-12-14(11-17-18)13(2)16-9-10-19-15-7-5-4-6-8-15/h11-13,15-16H,3-10H2,1-2H3. The van der Waals surface area contributed by atoms with E-state index in [4.69, 9.17) is 4.74 Å². The first-order chi connectivity index (χ1) is 9.29. The first kappa shape index (κ1) is 14.5. The van der Waals surface area contributed by atoms with Crippen molar-refractivity contribution >= 4 is 0 Å². The van der Waals surface area contributed by atoms with Gasteiger partial charge < -0.3 is 10.1 Å². The lowest BCUT2D eigenvalue weighted by Crippen LogP contribution is -2.26. The number of nitrogens with one attached hydrogen (secondary N) is 1. The van der Waals surface area contributed by atoms with Gasteiger partial charge in [-0.15, -0.1) is 0 Å². The van der Waals surface area contributed by atoms with Gasteiger partial charge in [-0.25, -0.2) is 0 Å². The summed E-state index contributed by atoms with van der Waals surface area (Å²) in [6, 6.07) is 0.343. The zero-order valence-electron chi connectivity index (χ0n) is 12.3. The van der Waals surface area contributed by atoms with Gasteiger partial charge in [0, 0.05) is 30.9 Å². The monoisotopic (exact) mass is 265 g/mol. The van der Waals surface area contributed by atoms with Gasteiger partial charge in [0.25, 0.3) is 0 Å². The summed E-state index contributed by atoms with van der Waals surface area (Å²) < 4.78 is 7.88. The highest BCUT2D eigenvalue weighted by Crippen LogP contribution is 2.20. The van der Waals surface area contributed by atoms with E-state index in [0.29, 0.717) is 12.1 Å². The Morgan fingerprint density at radius 2 is 2.21 bits per heavy atom. The fraction of sp³-hybridized carbons (Fsp3) is 0.800. The summed E-state index contributed by atoms with van der Waals surface area (Å²) in [4.78, 5) is 0. The molecule has 1 aromatic rings. The molecule has 0 aliphatic heterocycles. The highest BCUT2D eigenvalue weighted by Gasteiger charge is 2.13. The number of nitrogens with zero attached hydrogens (tertiary/aromatic N) is 2. The van der Waals surface area contributed by atoms with Crippen molar-refractivity contribution in [2.45, 2.75) is 64.6 Å². The van der Waals surface area contributed by atoms with Gasteiger partial charge in [0.05, 0.1) is 18.9 Å². The molecule has 1 aliphatic rings. The van der Waals surface area contributed by atoms with Gasteiger partial charge in [0.15, 0.2) is 0 Å². The van der Waals surface area contributed by atoms with E-state index >= 15 is 0 Å². The summed E-state index contributed by atoms with van der Waals surface area (Å²) in [5.74, 6) is 0. The molecule has 108 valence electrons. The lowest BCUT2D eigenvalue weighted by molar-refractivity contribution is 0.0295. The third-order valence-electron chi connectivity index (χ3n) is 3.94. The van der Waals surface area contributed by atoms with E-state index < -0.39 is 0 Å². The van der Waals surface area contributed by atoms with Crippen LogP contribution < -0.4 is 5.32 Å². The van der Waals surface area contributed by atoms with E-state index in [0.717, 1.165) is 19.7 Å². The normalized spacial score (nSPS) is 18.6. The maximum Gasteiger partial charge on any atom is 0.0594 e. The van der Waals surface area contributed by atoms with E-state index in [1.807, 2.05) is 10.9 Å². The van der Waals surface area contributed by atoms with Crippen molar-refractivity contribution in [3.05, 3.63) is 18.0 Å². The first-order valence-electron chi connectivity index (χ1n) is 7.67. The Bertz CT molecular complexity index is 358. The SMILES string of the molecule is CCn1cc(C(C)NCCOC2CCCCC2)cn1. The summed E-state index contributed by atoms with van der Waals surface area (Å²) in [6.07, 6.45) is 11.1. The minimum Gasteiger partial charge on any atom is -0.377 e. The van der Waals surface area contributed by atoms with Gasteiger partial charge in [-0.05, 0) is 26.7 Å². The number of hydrogen-bond acceptors (Lipinski definition) is 3. The van der Waals surface area contributed by atoms with Crippen LogP contribution in [0.25, 0.3) is 0 Å². The van der Waals surface area contributed by atoms with Crippen LogP contribution in [0.3, 0.4) is 0 Å². The van der Waals surface area contributed by atoms with Crippen LogP contribution in [0.1, 0.15) is 57.6 Å². The molecular weight excluding hydrogens is 238 g/mol. The zero-order chi connectivity index (χ0) is 13.5. The first-order valence-corrected chi connectivity index (χ1v) is 7.67. The van der Waals surface area contributed by atoms with Crippen LogP contribution in [0.2, 0.25) is 0 Å². The van der Waals surface area contributed by atoms with Gasteiger partial charge >= 0.3 is 0 Å². The van der Waals surface area contributed by atoms with Crippen LogP contribution in [-0.4, -0.2) is 29.0 Å². The largest absolute Gasteiger partial charge is 0.377 e. The van der Waals surface area contributed by atoms with E-state index in [1.54, 1.807) is 0 Å². The Balaban J connectivity index is 1.61. The summed E-state index contributed by atoms with van der Waals surface area (Å²) >= 11 is 0. The van der Waals surface area contributed by atoms with Crippen molar-refractivity contribution in [2.24, 2.45) is 0 Å². The molecular formula is C15H27N3O. The van der Waals surface area contributed by atoms with Crippen molar-refractivity contribution in [3.63, 3.8) is 0 Å². The highest BCUT2D eigenvalue weighted by atomic mass is 16.5. The van der Waals surface area contributed by atoms with Gasteiger partial charge in [0.1, 0.15) is 0 Å².